The van der Waals surface area contributed by atoms with E-state index in [9.17, 15) is 9.18 Å². The highest BCUT2D eigenvalue weighted by atomic mass is 35.5. The summed E-state index contributed by atoms with van der Waals surface area (Å²) in [6, 6.07) is 4.24. The van der Waals surface area contributed by atoms with E-state index < -0.39 is 11.7 Å². The smallest absolute Gasteiger partial charge is 0.230 e. The molecule has 0 spiro atoms. The van der Waals surface area contributed by atoms with Crippen molar-refractivity contribution in [3.8, 4) is 0 Å². The fraction of sp³-hybridized carbons (Fsp3) is 0.0833. The molecule has 1 heterocycles. The summed E-state index contributed by atoms with van der Waals surface area (Å²) in [5.74, 6) is -0.784. The molecule has 0 unspecified atom stereocenters. The monoisotopic (exact) mass is 299 g/mol. The number of amides is 1. The molecule has 2 rings (SSSR count). The van der Waals surface area contributed by atoms with Crippen molar-refractivity contribution in [1.82, 2.24) is 9.97 Å². The van der Waals surface area contributed by atoms with Crippen LogP contribution in [0.1, 0.15) is 5.56 Å². The maximum Gasteiger partial charge on any atom is 0.230 e. The van der Waals surface area contributed by atoms with Crippen LogP contribution in [-0.4, -0.2) is 15.9 Å². The van der Waals surface area contributed by atoms with Crippen molar-refractivity contribution in [1.29, 1.82) is 0 Å². The van der Waals surface area contributed by atoms with Gasteiger partial charge in [-0.15, -0.1) is 0 Å². The van der Waals surface area contributed by atoms with Gasteiger partial charge in [-0.25, -0.2) is 9.37 Å². The highest BCUT2D eigenvalue weighted by Crippen LogP contribution is 2.19. The minimum atomic E-state index is -0.528. The van der Waals surface area contributed by atoms with Crippen LogP contribution in [0.15, 0.2) is 30.6 Å². The summed E-state index contributed by atoms with van der Waals surface area (Å²) in [6.07, 6.45) is 2.48. The number of anilines is 1. The molecule has 1 N–H and O–H groups in total. The summed E-state index contributed by atoms with van der Waals surface area (Å²) >= 11 is 11.5. The van der Waals surface area contributed by atoms with Crippen LogP contribution < -0.4 is 5.32 Å². The number of carbonyl (C=O) groups excluding carboxylic acids is 1. The molecule has 1 aromatic carbocycles. The first-order valence-corrected chi connectivity index (χ1v) is 6.02. The molecule has 0 saturated heterocycles. The van der Waals surface area contributed by atoms with E-state index in [1.165, 1.54) is 30.6 Å². The molecule has 0 aliphatic rings. The predicted octanol–water partition coefficient (Wildman–Crippen LogP) is 3.10. The van der Waals surface area contributed by atoms with Crippen LogP contribution in [0.2, 0.25) is 10.2 Å². The van der Waals surface area contributed by atoms with E-state index in [4.69, 9.17) is 23.2 Å². The van der Waals surface area contributed by atoms with Gasteiger partial charge in [-0.05, 0) is 12.1 Å². The summed E-state index contributed by atoms with van der Waals surface area (Å²) in [6.45, 7) is 0. The van der Waals surface area contributed by atoms with Gasteiger partial charge in [0.2, 0.25) is 5.91 Å². The summed E-state index contributed by atoms with van der Waals surface area (Å²) < 4.78 is 13.5. The van der Waals surface area contributed by atoms with Gasteiger partial charge in [0.05, 0.1) is 18.8 Å². The molecule has 1 aromatic heterocycles. The molecular formula is C12H8Cl2FN3O. The minimum absolute atomic E-state index is 0.136. The minimum Gasteiger partial charge on any atom is -0.309 e. The van der Waals surface area contributed by atoms with Crippen LogP contribution in [0, 0.1) is 5.82 Å². The number of nitrogens with one attached hydrogen (secondary N) is 1. The lowest BCUT2D eigenvalue weighted by Gasteiger charge is -2.06. The van der Waals surface area contributed by atoms with E-state index in [-0.39, 0.29) is 28.0 Å². The third-order valence-electron chi connectivity index (χ3n) is 2.27. The molecule has 0 radical (unpaired) electrons. The van der Waals surface area contributed by atoms with E-state index >= 15 is 0 Å². The topological polar surface area (TPSA) is 54.9 Å². The normalized spacial score (nSPS) is 10.3. The number of rotatable bonds is 3. The summed E-state index contributed by atoms with van der Waals surface area (Å²) in [7, 11) is 0. The third-order valence-corrected chi connectivity index (χ3v) is 2.81. The second kappa shape index (κ2) is 5.95. The Bertz CT molecular complexity index is 601. The van der Waals surface area contributed by atoms with Crippen molar-refractivity contribution < 1.29 is 9.18 Å². The molecule has 19 heavy (non-hydrogen) atoms. The summed E-state index contributed by atoms with van der Waals surface area (Å²) in [5, 5.41) is 2.82. The lowest BCUT2D eigenvalue weighted by atomic mass is 10.1. The largest absolute Gasteiger partial charge is 0.309 e. The number of hydrogen-bond acceptors (Lipinski definition) is 3. The van der Waals surface area contributed by atoms with Gasteiger partial charge in [-0.2, -0.15) is 0 Å². The Morgan fingerprint density at radius 1 is 1.32 bits per heavy atom. The fourth-order valence-corrected chi connectivity index (χ4v) is 1.83. The Kier molecular flexibility index (Phi) is 4.29. The zero-order chi connectivity index (χ0) is 13.8. The summed E-state index contributed by atoms with van der Waals surface area (Å²) in [5.41, 5.74) is 0.136. The molecule has 0 bridgehead atoms. The first-order chi connectivity index (χ1) is 9.06. The maximum atomic E-state index is 13.5. The number of aromatic nitrogens is 2. The lowest BCUT2D eigenvalue weighted by molar-refractivity contribution is -0.115. The molecule has 0 saturated carbocycles. The van der Waals surface area contributed by atoms with Gasteiger partial charge < -0.3 is 5.32 Å². The number of halogens is 3. The zero-order valence-electron chi connectivity index (χ0n) is 9.53. The van der Waals surface area contributed by atoms with E-state index in [1.54, 1.807) is 0 Å². The SMILES string of the molecule is O=C(Cc1c(F)cccc1Cl)Nc1cncc(Cl)n1. The molecule has 0 aliphatic carbocycles. The van der Waals surface area contributed by atoms with Crippen LogP contribution in [0.3, 0.4) is 0 Å². The van der Waals surface area contributed by atoms with Gasteiger partial charge in [0.25, 0.3) is 0 Å². The molecular weight excluding hydrogens is 292 g/mol. The standard InChI is InChI=1S/C12H8Cl2FN3O/c13-8-2-1-3-9(15)7(8)4-12(19)18-11-6-16-5-10(14)17-11/h1-3,5-6H,4H2,(H,17,18,19). The van der Waals surface area contributed by atoms with E-state index in [2.05, 4.69) is 15.3 Å². The quantitative estimate of drug-likeness (QED) is 0.947. The van der Waals surface area contributed by atoms with Gasteiger partial charge in [0.1, 0.15) is 11.0 Å². The average molecular weight is 300 g/mol. The van der Waals surface area contributed by atoms with Crippen molar-refractivity contribution in [3.05, 3.63) is 52.1 Å². The third kappa shape index (κ3) is 3.62. The van der Waals surface area contributed by atoms with Crippen molar-refractivity contribution in [2.75, 3.05) is 5.32 Å². The Balaban J connectivity index is 2.10. The molecule has 0 aliphatic heterocycles. The van der Waals surface area contributed by atoms with Crippen LogP contribution in [-0.2, 0) is 11.2 Å². The molecule has 2 aromatic rings. The van der Waals surface area contributed by atoms with Gasteiger partial charge >= 0.3 is 0 Å². The Hall–Kier alpha value is -1.72. The second-order valence-electron chi connectivity index (χ2n) is 3.65. The number of carbonyl (C=O) groups is 1. The van der Waals surface area contributed by atoms with Crippen LogP contribution in [0.4, 0.5) is 10.2 Å². The molecule has 98 valence electrons. The Labute approximate surface area is 118 Å². The number of hydrogen-bond donors (Lipinski definition) is 1. The average Bonchev–Trinajstić information content (AvgIpc) is 2.34. The van der Waals surface area contributed by atoms with E-state index in [1.807, 2.05) is 0 Å². The molecule has 0 atom stereocenters. The maximum absolute atomic E-state index is 13.5. The van der Waals surface area contributed by atoms with E-state index in [0.717, 1.165) is 0 Å². The Morgan fingerprint density at radius 3 is 2.79 bits per heavy atom. The summed E-state index contributed by atoms with van der Waals surface area (Å²) in [4.78, 5) is 19.4. The first-order valence-electron chi connectivity index (χ1n) is 5.26. The van der Waals surface area contributed by atoms with E-state index in [0.29, 0.717) is 0 Å². The van der Waals surface area contributed by atoms with Gasteiger partial charge in [-0.1, -0.05) is 29.3 Å². The fourth-order valence-electron chi connectivity index (χ4n) is 1.45. The van der Waals surface area contributed by atoms with Crippen molar-refractivity contribution in [2.45, 2.75) is 6.42 Å². The molecule has 1 amide bonds. The van der Waals surface area contributed by atoms with Gasteiger partial charge in [0.15, 0.2) is 5.82 Å². The van der Waals surface area contributed by atoms with Crippen LogP contribution in [0.5, 0.6) is 0 Å². The highest BCUT2D eigenvalue weighted by molar-refractivity contribution is 6.31. The van der Waals surface area contributed by atoms with Gasteiger partial charge in [0, 0.05) is 10.6 Å². The Morgan fingerprint density at radius 2 is 2.11 bits per heavy atom. The van der Waals surface area contributed by atoms with Crippen molar-refractivity contribution in [3.63, 3.8) is 0 Å². The number of nitrogens with zero attached hydrogens (tertiary/aromatic N) is 2. The second-order valence-corrected chi connectivity index (χ2v) is 4.45. The van der Waals surface area contributed by atoms with Crippen LogP contribution in [0.25, 0.3) is 0 Å². The van der Waals surface area contributed by atoms with Crippen LogP contribution >= 0.6 is 23.2 Å². The van der Waals surface area contributed by atoms with Crippen molar-refractivity contribution >= 4 is 34.9 Å². The van der Waals surface area contributed by atoms with Crippen molar-refractivity contribution in [2.24, 2.45) is 0 Å². The predicted molar refractivity (Wildman–Crippen MR) is 70.8 cm³/mol. The zero-order valence-corrected chi connectivity index (χ0v) is 11.0. The molecule has 7 heteroatoms. The lowest BCUT2D eigenvalue weighted by Crippen LogP contribution is -2.16. The first kappa shape index (κ1) is 13.7. The highest BCUT2D eigenvalue weighted by Gasteiger charge is 2.12. The molecule has 0 fully saturated rings. The number of benzene rings is 1. The van der Waals surface area contributed by atoms with Gasteiger partial charge in [-0.3, -0.25) is 9.78 Å². The molecule has 4 nitrogen and oxygen atoms in total.